The standard InChI is InChI=1S/C11H14F2N4O4/c12-9(13)6-21-5-4-15-11(18)7-2-1-3-8(17(19)20)10(7)16-14/h1-3,9,16H,4-6,14H2,(H,15,18). The fraction of sp³-hybridized carbons (Fsp3) is 0.364. The van der Waals surface area contributed by atoms with Gasteiger partial charge in [0.2, 0.25) is 0 Å². The normalized spacial score (nSPS) is 10.5. The van der Waals surface area contributed by atoms with E-state index in [1.54, 1.807) is 0 Å². The third-order valence-electron chi connectivity index (χ3n) is 2.40. The van der Waals surface area contributed by atoms with E-state index < -0.39 is 23.9 Å². The predicted octanol–water partition coefficient (Wildman–Crippen LogP) is 0.892. The van der Waals surface area contributed by atoms with Gasteiger partial charge in [0, 0.05) is 12.6 Å². The Balaban J connectivity index is 2.66. The van der Waals surface area contributed by atoms with E-state index in [4.69, 9.17) is 5.84 Å². The van der Waals surface area contributed by atoms with E-state index in [9.17, 15) is 23.7 Å². The minimum Gasteiger partial charge on any atom is -0.374 e. The highest BCUT2D eigenvalue weighted by Gasteiger charge is 2.20. The molecule has 0 saturated carbocycles. The minimum absolute atomic E-state index is 0.0156. The molecule has 0 aliphatic heterocycles. The Morgan fingerprint density at radius 2 is 2.19 bits per heavy atom. The van der Waals surface area contributed by atoms with Crippen LogP contribution >= 0.6 is 0 Å². The number of carbonyl (C=O) groups excluding carboxylic acids is 1. The number of hydrogen-bond donors (Lipinski definition) is 3. The molecular formula is C11H14F2N4O4. The van der Waals surface area contributed by atoms with E-state index in [0.717, 1.165) is 0 Å². The molecule has 21 heavy (non-hydrogen) atoms. The van der Waals surface area contributed by atoms with Crippen LogP contribution in [0.15, 0.2) is 18.2 Å². The Hall–Kier alpha value is -2.33. The number of nitrogens with two attached hydrogens (primary N) is 1. The molecule has 1 rings (SSSR count). The van der Waals surface area contributed by atoms with E-state index >= 15 is 0 Å². The van der Waals surface area contributed by atoms with Crippen molar-refractivity contribution < 1.29 is 23.2 Å². The molecule has 4 N–H and O–H groups in total. The topological polar surface area (TPSA) is 120 Å². The molecule has 0 heterocycles. The van der Waals surface area contributed by atoms with Crippen LogP contribution < -0.4 is 16.6 Å². The van der Waals surface area contributed by atoms with Crippen molar-refractivity contribution in [2.24, 2.45) is 5.84 Å². The van der Waals surface area contributed by atoms with Crippen molar-refractivity contribution in [2.45, 2.75) is 6.43 Å². The van der Waals surface area contributed by atoms with Crippen molar-refractivity contribution in [3.05, 3.63) is 33.9 Å². The van der Waals surface area contributed by atoms with Crippen LogP contribution in [0, 0.1) is 10.1 Å². The van der Waals surface area contributed by atoms with Gasteiger partial charge in [-0.05, 0) is 6.07 Å². The van der Waals surface area contributed by atoms with Gasteiger partial charge in [-0.15, -0.1) is 0 Å². The summed E-state index contributed by atoms with van der Waals surface area (Å²) >= 11 is 0. The van der Waals surface area contributed by atoms with Crippen molar-refractivity contribution in [3.63, 3.8) is 0 Å². The van der Waals surface area contributed by atoms with E-state index in [1.807, 2.05) is 0 Å². The number of benzene rings is 1. The number of nitrogen functional groups attached to an aromatic ring is 1. The van der Waals surface area contributed by atoms with Crippen molar-refractivity contribution in [1.29, 1.82) is 0 Å². The Morgan fingerprint density at radius 1 is 1.48 bits per heavy atom. The molecule has 0 unspecified atom stereocenters. The number of alkyl halides is 2. The summed E-state index contributed by atoms with van der Waals surface area (Å²) in [4.78, 5) is 22.0. The highest BCUT2D eigenvalue weighted by molar-refractivity contribution is 6.01. The summed E-state index contributed by atoms with van der Waals surface area (Å²) in [6.45, 7) is -0.836. The van der Waals surface area contributed by atoms with Gasteiger partial charge in [-0.25, -0.2) is 8.78 Å². The fourth-order valence-electron chi connectivity index (χ4n) is 1.54. The van der Waals surface area contributed by atoms with E-state index in [0.29, 0.717) is 0 Å². The Morgan fingerprint density at radius 3 is 2.76 bits per heavy atom. The molecule has 116 valence electrons. The summed E-state index contributed by atoms with van der Waals surface area (Å²) in [6, 6.07) is 3.87. The first kappa shape index (κ1) is 16.7. The average Bonchev–Trinajstić information content (AvgIpc) is 2.45. The van der Waals surface area contributed by atoms with Gasteiger partial charge in [-0.2, -0.15) is 0 Å². The first-order valence-electron chi connectivity index (χ1n) is 5.85. The number of halogens is 2. The number of nitro groups is 1. The molecule has 10 heteroatoms. The maximum absolute atomic E-state index is 11.9. The van der Waals surface area contributed by atoms with Gasteiger partial charge >= 0.3 is 0 Å². The molecule has 1 amide bonds. The zero-order valence-corrected chi connectivity index (χ0v) is 10.8. The number of hydrogen-bond acceptors (Lipinski definition) is 6. The molecule has 0 atom stereocenters. The van der Waals surface area contributed by atoms with Gasteiger partial charge in [0.05, 0.1) is 17.1 Å². The Kier molecular flexibility index (Phi) is 6.43. The molecule has 0 bridgehead atoms. The van der Waals surface area contributed by atoms with E-state index in [2.05, 4.69) is 15.5 Å². The van der Waals surface area contributed by atoms with Crippen LogP contribution in [-0.4, -0.2) is 37.0 Å². The fourth-order valence-corrected chi connectivity index (χ4v) is 1.54. The molecule has 0 fully saturated rings. The number of anilines is 1. The second kappa shape index (κ2) is 8.07. The number of rotatable bonds is 8. The molecule has 0 aliphatic rings. The lowest BCUT2D eigenvalue weighted by Crippen LogP contribution is -2.29. The smallest absolute Gasteiger partial charge is 0.294 e. The van der Waals surface area contributed by atoms with Gasteiger partial charge in [0.25, 0.3) is 18.0 Å². The van der Waals surface area contributed by atoms with Crippen molar-refractivity contribution >= 4 is 17.3 Å². The van der Waals surface area contributed by atoms with Crippen LogP contribution in [0.3, 0.4) is 0 Å². The largest absolute Gasteiger partial charge is 0.374 e. The summed E-state index contributed by atoms with van der Waals surface area (Å²) in [5.41, 5.74) is 1.60. The molecule has 1 aromatic rings. The molecular weight excluding hydrogens is 290 g/mol. The lowest BCUT2D eigenvalue weighted by molar-refractivity contribution is -0.384. The first-order chi connectivity index (χ1) is 9.97. The third-order valence-corrected chi connectivity index (χ3v) is 2.40. The van der Waals surface area contributed by atoms with Gasteiger partial charge in [0.15, 0.2) is 0 Å². The highest BCUT2D eigenvalue weighted by Crippen LogP contribution is 2.27. The van der Waals surface area contributed by atoms with Crippen LogP contribution in [0.1, 0.15) is 10.4 Å². The minimum atomic E-state index is -2.58. The second-order valence-corrected chi connectivity index (χ2v) is 3.82. The zero-order valence-electron chi connectivity index (χ0n) is 10.8. The summed E-state index contributed by atoms with van der Waals surface area (Å²) in [7, 11) is 0. The number of amides is 1. The maximum atomic E-state index is 11.9. The number of nitrogens with one attached hydrogen (secondary N) is 2. The Bertz CT molecular complexity index is 513. The number of nitro benzene ring substituents is 1. The molecule has 0 aromatic heterocycles. The van der Waals surface area contributed by atoms with Crippen LogP contribution in [0.25, 0.3) is 0 Å². The summed E-state index contributed by atoms with van der Waals surface area (Å²) < 4.78 is 28.2. The molecule has 0 radical (unpaired) electrons. The zero-order chi connectivity index (χ0) is 15.8. The lowest BCUT2D eigenvalue weighted by atomic mass is 10.1. The summed E-state index contributed by atoms with van der Waals surface area (Å²) in [6.07, 6.45) is -2.58. The SMILES string of the molecule is NNc1c(C(=O)NCCOCC(F)F)cccc1[N+](=O)[O-]. The maximum Gasteiger partial charge on any atom is 0.294 e. The molecule has 0 aliphatic carbocycles. The van der Waals surface area contributed by atoms with Crippen molar-refractivity contribution in [2.75, 3.05) is 25.2 Å². The molecule has 8 nitrogen and oxygen atoms in total. The number of carbonyl (C=O) groups is 1. The summed E-state index contributed by atoms with van der Waals surface area (Å²) in [5, 5.41) is 13.2. The number of ether oxygens (including phenoxy) is 1. The average molecular weight is 304 g/mol. The lowest BCUT2D eigenvalue weighted by Gasteiger charge is -2.10. The second-order valence-electron chi connectivity index (χ2n) is 3.82. The first-order valence-corrected chi connectivity index (χ1v) is 5.85. The van der Waals surface area contributed by atoms with Crippen LogP contribution in [0.4, 0.5) is 20.2 Å². The van der Waals surface area contributed by atoms with Gasteiger partial charge < -0.3 is 15.5 Å². The van der Waals surface area contributed by atoms with Crippen LogP contribution in [0.5, 0.6) is 0 Å². The number of nitrogens with zero attached hydrogens (tertiary/aromatic N) is 1. The van der Waals surface area contributed by atoms with Gasteiger partial charge in [-0.3, -0.25) is 20.8 Å². The van der Waals surface area contributed by atoms with Crippen molar-refractivity contribution in [1.82, 2.24) is 5.32 Å². The monoisotopic (exact) mass is 304 g/mol. The number of para-hydroxylation sites is 1. The summed E-state index contributed by atoms with van der Waals surface area (Å²) in [5.74, 6) is 4.56. The van der Waals surface area contributed by atoms with Crippen molar-refractivity contribution in [3.8, 4) is 0 Å². The molecule has 0 saturated heterocycles. The van der Waals surface area contributed by atoms with Crippen LogP contribution in [-0.2, 0) is 4.74 Å². The van der Waals surface area contributed by atoms with Gasteiger partial charge in [-0.1, -0.05) is 6.07 Å². The van der Waals surface area contributed by atoms with Gasteiger partial charge in [0.1, 0.15) is 12.3 Å². The third kappa shape index (κ3) is 4.93. The van der Waals surface area contributed by atoms with Crippen LogP contribution in [0.2, 0.25) is 0 Å². The molecule has 0 spiro atoms. The predicted molar refractivity (Wildman–Crippen MR) is 70.1 cm³/mol. The Labute approximate surface area is 118 Å². The molecule has 1 aromatic carbocycles. The van der Waals surface area contributed by atoms with E-state index in [-0.39, 0.29) is 30.1 Å². The van der Waals surface area contributed by atoms with E-state index in [1.165, 1.54) is 18.2 Å². The highest BCUT2D eigenvalue weighted by atomic mass is 19.3. The number of hydrazine groups is 1. The quantitative estimate of drug-likeness (QED) is 0.284.